The van der Waals surface area contributed by atoms with Crippen molar-refractivity contribution in [1.82, 2.24) is 4.90 Å². The molecule has 0 radical (unpaired) electrons. The molecule has 4 nitrogen and oxygen atoms in total. The molecule has 0 spiro atoms. The van der Waals surface area contributed by atoms with Gasteiger partial charge in [0, 0.05) is 26.1 Å². The molecular formula is C18H26F3NO3. The van der Waals surface area contributed by atoms with E-state index in [1.54, 1.807) is 0 Å². The van der Waals surface area contributed by atoms with Gasteiger partial charge in [0.2, 0.25) is 0 Å². The van der Waals surface area contributed by atoms with E-state index in [9.17, 15) is 23.4 Å². The van der Waals surface area contributed by atoms with Gasteiger partial charge in [-0.05, 0) is 25.3 Å². The van der Waals surface area contributed by atoms with Crippen LogP contribution in [0.3, 0.4) is 0 Å². The van der Waals surface area contributed by atoms with Gasteiger partial charge in [-0.2, -0.15) is 13.2 Å². The second-order valence-corrected chi connectivity index (χ2v) is 6.97. The van der Waals surface area contributed by atoms with Crippen LogP contribution in [0.4, 0.5) is 13.2 Å². The number of rotatable bonds is 7. The van der Waals surface area contributed by atoms with E-state index < -0.39 is 24.5 Å². The van der Waals surface area contributed by atoms with E-state index in [0.717, 1.165) is 11.1 Å². The van der Waals surface area contributed by atoms with Crippen LogP contribution < -0.4 is 0 Å². The number of aryl methyl sites for hydroxylation is 1. The molecule has 1 aromatic carbocycles. The highest BCUT2D eigenvalue weighted by Crippen LogP contribution is 2.27. The van der Waals surface area contributed by atoms with Gasteiger partial charge in [0.1, 0.15) is 6.61 Å². The van der Waals surface area contributed by atoms with Crippen LogP contribution in [-0.4, -0.2) is 65.8 Å². The van der Waals surface area contributed by atoms with Crippen molar-refractivity contribution in [3.63, 3.8) is 0 Å². The third kappa shape index (κ3) is 7.32. The minimum atomic E-state index is -4.38. The lowest BCUT2D eigenvalue weighted by Gasteiger charge is -2.39. The lowest BCUT2D eigenvalue weighted by molar-refractivity contribution is -0.179. The zero-order valence-corrected chi connectivity index (χ0v) is 14.4. The molecule has 142 valence electrons. The number of hydrogen-bond acceptors (Lipinski definition) is 4. The number of benzene rings is 1. The maximum Gasteiger partial charge on any atom is 0.411 e. The number of β-amino-alcohol motifs (C(OH)–C–C–N with tert-alkyl or cyclic N) is 1. The topological polar surface area (TPSA) is 52.9 Å². The highest BCUT2D eigenvalue weighted by Gasteiger charge is 2.33. The molecule has 0 amide bonds. The summed E-state index contributed by atoms with van der Waals surface area (Å²) in [4.78, 5) is 1.95. The molecule has 0 bridgehead atoms. The molecule has 1 aliphatic heterocycles. The van der Waals surface area contributed by atoms with Crippen molar-refractivity contribution in [2.45, 2.75) is 44.1 Å². The first-order valence-electron chi connectivity index (χ1n) is 8.48. The largest absolute Gasteiger partial charge is 0.411 e. The zero-order chi connectivity index (χ0) is 18.5. The molecule has 1 unspecified atom stereocenters. The van der Waals surface area contributed by atoms with Crippen LogP contribution in [-0.2, 0) is 11.2 Å². The van der Waals surface area contributed by atoms with Gasteiger partial charge in [0.05, 0.1) is 18.3 Å². The number of alkyl halides is 3. The quantitative estimate of drug-likeness (QED) is 0.783. The van der Waals surface area contributed by atoms with Gasteiger partial charge in [0.15, 0.2) is 0 Å². The van der Waals surface area contributed by atoms with Crippen LogP contribution in [0.1, 0.15) is 24.0 Å². The summed E-state index contributed by atoms with van der Waals surface area (Å²) in [6.45, 7) is 1.76. The second kappa shape index (κ2) is 8.49. The van der Waals surface area contributed by atoms with Gasteiger partial charge in [-0.25, -0.2) is 0 Å². The SMILES string of the molecule is Cc1cccc(CC2(O)CCN(CC(O)COCC(F)(F)F)CC2)c1. The zero-order valence-electron chi connectivity index (χ0n) is 14.4. The summed E-state index contributed by atoms with van der Waals surface area (Å²) >= 11 is 0. The van der Waals surface area contributed by atoms with E-state index >= 15 is 0 Å². The van der Waals surface area contributed by atoms with Crippen LogP contribution >= 0.6 is 0 Å². The number of halogens is 3. The van der Waals surface area contributed by atoms with Gasteiger partial charge in [-0.15, -0.1) is 0 Å². The summed E-state index contributed by atoms with van der Waals surface area (Å²) in [6.07, 6.45) is -3.63. The molecule has 0 aromatic heterocycles. The van der Waals surface area contributed by atoms with Crippen molar-refractivity contribution in [3.8, 4) is 0 Å². The first kappa shape index (κ1) is 20.2. The van der Waals surface area contributed by atoms with Crippen LogP contribution in [0, 0.1) is 6.92 Å². The Morgan fingerprint density at radius 2 is 1.96 bits per heavy atom. The van der Waals surface area contributed by atoms with Crippen molar-refractivity contribution >= 4 is 0 Å². The normalized spacial score (nSPS) is 19.8. The van der Waals surface area contributed by atoms with Gasteiger partial charge in [-0.3, -0.25) is 0 Å². The average Bonchev–Trinajstić information content (AvgIpc) is 2.48. The molecule has 1 atom stereocenters. The third-order valence-corrected chi connectivity index (χ3v) is 4.45. The average molecular weight is 361 g/mol. The van der Waals surface area contributed by atoms with E-state index in [1.165, 1.54) is 0 Å². The van der Waals surface area contributed by atoms with E-state index in [-0.39, 0.29) is 13.2 Å². The van der Waals surface area contributed by atoms with E-state index in [1.807, 2.05) is 30.0 Å². The van der Waals surface area contributed by atoms with Crippen molar-refractivity contribution in [3.05, 3.63) is 35.4 Å². The van der Waals surface area contributed by atoms with Gasteiger partial charge in [0.25, 0.3) is 0 Å². The Hall–Kier alpha value is -1.15. The number of piperidine rings is 1. The molecule has 1 aliphatic rings. The highest BCUT2D eigenvalue weighted by molar-refractivity contribution is 5.23. The Balaban J connectivity index is 1.73. The van der Waals surface area contributed by atoms with Gasteiger partial charge < -0.3 is 19.8 Å². The Bertz CT molecular complexity index is 543. The molecule has 1 heterocycles. The fourth-order valence-corrected chi connectivity index (χ4v) is 3.19. The maximum absolute atomic E-state index is 12.0. The van der Waals surface area contributed by atoms with Gasteiger partial charge >= 0.3 is 6.18 Å². The summed E-state index contributed by atoms with van der Waals surface area (Å²) in [6, 6.07) is 8.05. The summed E-state index contributed by atoms with van der Waals surface area (Å²) in [5, 5.41) is 20.6. The van der Waals surface area contributed by atoms with Gasteiger partial charge in [-0.1, -0.05) is 29.8 Å². The van der Waals surface area contributed by atoms with Crippen LogP contribution in [0.5, 0.6) is 0 Å². The molecular weight excluding hydrogens is 335 g/mol. The fourth-order valence-electron chi connectivity index (χ4n) is 3.19. The fraction of sp³-hybridized carbons (Fsp3) is 0.667. The summed E-state index contributed by atoms with van der Waals surface area (Å²) in [7, 11) is 0. The second-order valence-electron chi connectivity index (χ2n) is 6.97. The number of aliphatic hydroxyl groups is 2. The Labute approximate surface area is 146 Å². The Kier molecular flexibility index (Phi) is 6.85. The molecule has 25 heavy (non-hydrogen) atoms. The number of likely N-dealkylation sites (tertiary alicyclic amines) is 1. The molecule has 7 heteroatoms. The molecule has 1 saturated heterocycles. The third-order valence-electron chi connectivity index (χ3n) is 4.45. The number of hydrogen-bond donors (Lipinski definition) is 2. The predicted molar refractivity (Wildman–Crippen MR) is 88.4 cm³/mol. The monoisotopic (exact) mass is 361 g/mol. The number of nitrogens with zero attached hydrogens (tertiary/aromatic N) is 1. The van der Waals surface area contributed by atoms with Crippen LogP contribution in [0.25, 0.3) is 0 Å². The van der Waals surface area contributed by atoms with E-state index in [0.29, 0.717) is 32.4 Å². The Morgan fingerprint density at radius 1 is 1.28 bits per heavy atom. The molecule has 1 fully saturated rings. The number of aliphatic hydroxyl groups excluding tert-OH is 1. The molecule has 0 saturated carbocycles. The summed E-state index contributed by atoms with van der Waals surface area (Å²) in [5.41, 5.74) is 1.47. The van der Waals surface area contributed by atoms with Crippen molar-refractivity contribution in [1.29, 1.82) is 0 Å². The van der Waals surface area contributed by atoms with Crippen LogP contribution in [0.15, 0.2) is 24.3 Å². The van der Waals surface area contributed by atoms with Crippen molar-refractivity contribution in [2.24, 2.45) is 0 Å². The first-order valence-corrected chi connectivity index (χ1v) is 8.48. The minimum absolute atomic E-state index is 0.248. The number of ether oxygens (including phenoxy) is 1. The first-order chi connectivity index (χ1) is 11.7. The lowest BCUT2D eigenvalue weighted by Crippen LogP contribution is -2.48. The predicted octanol–water partition coefficient (Wildman–Crippen LogP) is 2.30. The highest BCUT2D eigenvalue weighted by atomic mass is 19.4. The summed E-state index contributed by atoms with van der Waals surface area (Å²) in [5.74, 6) is 0. The van der Waals surface area contributed by atoms with Crippen molar-refractivity contribution in [2.75, 3.05) is 32.8 Å². The summed E-state index contributed by atoms with van der Waals surface area (Å²) < 4.78 is 40.5. The molecule has 2 rings (SSSR count). The van der Waals surface area contributed by atoms with Crippen molar-refractivity contribution < 1.29 is 28.1 Å². The lowest BCUT2D eigenvalue weighted by atomic mass is 9.85. The standard InChI is InChI=1S/C18H26F3NO3/c1-14-3-2-4-15(9-14)10-17(24)5-7-22(8-6-17)11-16(23)12-25-13-18(19,20)21/h2-4,9,16,23-24H,5-8,10-13H2,1H3. The van der Waals surface area contributed by atoms with E-state index in [4.69, 9.17) is 0 Å². The molecule has 2 N–H and O–H groups in total. The van der Waals surface area contributed by atoms with E-state index in [2.05, 4.69) is 10.8 Å². The maximum atomic E-state index is 12.0. The minimum Gasteiger partial charge on any atom is -0.389 e. The Morgan fingerprint density at radius 3 is 2.56 bits per heavy atom. The molecule has 1 aromatic rings. The molecule has 0 aliphatic carbocycles. The van der Waals surface area contributed by atoms with Crippen LogP contribution in [0.2, 0.25) is 0 Å². The smallest absolute Gasteiger partial charge is 0.389 e.